The summed E-state index contributed by atoms with van der Waals surface area (Å²) in [5, 5.41) is 0. The van der Waals surface area contributed by atoms with Crippen molar-refractivity contribution in [1.29, 1.82) is 0 Å². The van der Waals surface area contributed by atoms with E-state index in [0.717, 1.165) is 32.2 Å². The lowest BCUT2D eigenvalue weighted by Crippen LogP contribution is -2.51. The van der Waals surface area contributed by atoms with Gasteiger partial charge in [-0.2, -0.15) is 0 Å². The van der Waals surface area contributed by atoms with Crippen LogP contribution in [0.15, 0.2) is 0 Å². The van der Waals surface area contributed by atoms with Crippen LogP contribution in [0.4, 0.5) is 0 Å². The molecule has 0 radical (unpaired) electrons. The zero-order chi connectivity index (χ0) is 13.1. The highest BCUT2D eigenvalue weighted by Gasteiger charge is 2.43. The number of thiocarbonyl (C=S) groups is 1. The van der Waals surface area contributed by atoms with Gasteiger partial charge < -0.3 is 10.6 Å². The third-order valence-electron chi connectivity index (χ3n) is 3.57. The van der Waals surface area contributed by atoms with Crippen molar-refractivity contribution in [3.63, 3.8) is 0 Å². The summed E-state index contributed by atoms with van der Waals surface area (Å²) in [4.78, 5) is 14.7. The molecule has 1 fully saturated rings. The maximum Gasteiger partial charge on any atom is 0.235 e. The van der Waals surface area contributed by atoms with Gasteiger partial charge in [0.15, 0.2) is 0 Å². The summed E-state index contributed by atoms with van der Waals surface area (Å²) >= 11 is 5.17. The predicted octanol–water partition coefficient (Wildman–Crippen LogP) is 2.34. The molecular formula is C13H24N2OS. The summed E-state index contributed by atoms with van der Waals surface area (Å²) in [7, 11) is 1.86. The van der Waals surface area contributed by atoms with Crippen LogP contribution >= 0.6 is 12.2 Å². The standard InChI is InChI=1S/C13H24N2OS/c1-10(2)9-15(3)12(16)13(11(14)17)7-5-4-6-8-13/h10H,4-9H2,1-3H3,(H2,14,17). The molecule has 2 N–H and O–H groups in total. The highest BCUT2D eigenvalue weighted by molar-refractivity contribution is 7.80. The van der Waals surface area contributed by atoms with E-state index in [4.69, 9.17) is 18.0 Å². The maximum atomic E-state index is 12.6. The fraction of sp³-hybridized carbons (Fsp3) is 0.846. The van der Waals surface area contributed by atoms with Gasteiger partial charge in [-0.15, -0.1) is 0 Å². The van der Waals surface area contributed by atoms with E-state index in [1.807, 2.05) is 7.05 Å². The topological polar surface area (TPSA) is 46.3 Å². The van der Waals surface area contributed by atoms with Gasteiger partial charge in [0.2, 0.25) is 5.91 Å². The van der Waals surface area contributed by atoms with Crippen molar-refractivity contribution in [3.05, 3.63) is 0 Å². The zero-order valence-electron chi connectivity index (χ0n) is 11.2. The normalized spacial score (nSPS) is 19.1. The van der Waals surface area contributed by atoms with E-state index in [1.165, 1.54) is 6.42 Å². The molecule has 3 nitrogen and oxygen atoms in total. The zero-order valence-corrected chi connectivity index (χ0v) is 12.0. The number of nitrogens with two attached hydrogens (primary N) is 1. The summed E-state index contributed by atoms with van der Waals surface area (Å²) in [5.74, 6) is 0.592. The highest BCUT2D eigenvalue weighted by Crippen LogP contribution is 2.38. The van der Waals surface area contributed by atoms with Crippen molar-refractivity contribution >= 4 is 23.1 Å². The summed E-state index contributed by atoms with van der Waals surface area (Å²) in [6.07, 6.45) is 4.94. The van der Waals surface area contributed by atoms with Gasteiger partial charge in [0.05, 0.1) is 10.4 Å². The Morgan fingerprint density at radius 1 is 1.35 bits per heavy atom. The quantitative estimate of drug-likeness (QED) is 0.785. The number of amides is 1. The number of rotatable bonds is 4. The molecule has 1 rings (SSSR count). The highest BCUT2D eigenvalue weighted by atomic mass is 32.1. The molecule has 0 saturated heterocycles. The number of hydrogen-bond donors (Lipinski definition) is 1. The number of carbonyl (C=O) groups is 1. The molecule has 4 heteroatoms. The Hall–Kier alpha value is -0.640. The van der Waals surface area contributed by atoms with Gasteiger partial charge in [0, 0.05) is 13.6 Å². The van der Waals surface area contributed by atoms with Crippen LogP contribution in [0.25, 0.3) is 0 Å². The fourth-order valence-electron chi connectivity index (χ4n) is 2.72. The predicted molar refractivity (Wildman–Crippen MR) is 74.8 cm³/mol. The van der Waals surface area contributed by atoms with Crippen LogP contribution in [-0.2, 0) is 4.79 Å². The third kappa shape index (κ3) is 3.18. The van der Waals surface area contributed by atoms with Gasteiger partial charge in [-0.05, 0) is 18.8 Å². The van der Waals surface area contributed by atoms with E-state index in [2.05, 4.69) is 13.8 Å². The molecule has 17 heavy (non-hydrogen) atoms. The van der Waals surface area contributed by atoms with Crippen LogP contribution in [-0.4, -0.2) is 29.4 Å². The van der Waals surface area contributed by atoms with Gasteiger partial charge in [0.1, 0.15) is 0 Å². The smallest absolute Gasteiger partial charge is 0.235 e. The first-order chi connectivity index (χ1) is 7.90. The van der Waals surface area contributed by atoms with Crippen LogP contribution in [0, 0.1) is 11.3 Å². The van der Waals surface area contributed by atoms with E-state index in [1.54, 1.807) is 4.90 Å². The molecule has 1 aliphatic rings. The SMILES string of the molecule is CC(C)CN(C)C(=O)C1(C(N)=S)CCCCC1. The van der Waals surface area contributed by atoms with Gasteiger partial charge >= 0.3 is 0 Å². The molecule has 0 atom stereocenters. The Morgan fingerprint density at radius 3 is 2.29 bits per heavy atom. The second-order valence-corrected chi connectivity index (χ2v) is 6.03. The average molecular weight is 256 g/mol. The van der Waals surface area contributed by atoms with Crippen LogP contribution in [0.5, 0.6) is 0 Å². The molecule has 0 aromatic heterocycles. The molecule has 0 spiro atoms. The van der Waals surface area contributed by atoms with Crippen LogP contribution in [0.1, 0.15) is 46.0 Å². The van der Waals surface area contributed by atoms with Crippen molar-refractivity contribution in [1.82, 2.24) is 4.90 Å². The second-order valence-electron chi connectivity index (χ2n) is 5.59. The first kappa shape index (κ1) is 14.4. The molecule has 1 saturated carbocycles. The molecular weight excluding hydrogens is 232 g/mol. The van der Waals surface area contributed by atoms with Crippen molar-refractivity contribution in [2.75, 3.05) is 13.6 Å². The number of nitrogens with zero attached hydrogens (tertiary/aromatic N) is 1. The fourth-order valence-corrected chi connectivity index (χ4v) is 3.01. The molecule has 0 heterocycles. The van der Waals surface area contributed by atoms with Gasteiger partial charge in [0.25, 0.3) is 0 Å². The van der Waals surface area contributed by atoms with Crippen LogP contribution < -0.4 is 5.73 Å². The summed E-state index contributed by atoms with van der Waals surface area (Å²) in [6.45, 7) is 4.99. The third-order valence-corrected chi connectivity index (χ3v) is 3.96. The van der Waals surface area contributed by atoms with E-state index in [0.29, 0.717) is 10.9 Å². The molecule has 1 amide bonds. The van der Waals surface area contributed by atoms with E-state index in [-0.39, 0.29) is 5.91 Å². The van der Waals surface area contributed by atoms with Crippen LogP contribution in [0.2, 0.25) is 0 Å². The minimum Gasteiger partial charge on any atom is -0.392 e. The van der Waals surface area contributed by atoms with E-state index < -0.39 is 5.41 Å². The van der Waals surface area contributed by atoms with Gasteiger partial charge in [-0.3, -0.25) is 4.79 Å². The van der Waals surface area contributed by atoms with Gasteiger partial charge in [-0.1, -0.05) is 45.3 Å². The Kier molecular flexibility index (Phi) is 4.92. The maximum absolute atomic E-state index is 12.6. The summed E-state index contributed by atoms with van der Waals surface area (Å²) < 4.78 is 0. The first-order valence-corrected chi connectivity index (χ1v) is 6.86. The van der Waals surface area contributed by atoms with Crippen molar-refractivity contribution in [2.45, 2.75) is 46.0 Å². The molecule has 0 aromatic carbocycles. The van der Waals surface area contributed by atoms with Crippen molar-refractivity contribution in [2.24, 2.45) is 17.1 Å². The molecule has 0 aromatic rings. The van der Waals surface area contributed by atoms with Crippen molar-refractivity contribution in [3.8, 4) is 0 Å². The largest absolute Gasteiger partial charge is 0.392 e. The Balaban J connectivity index is 2.83. The number of carbonyl (C=O) groups excluding carboxylic acids is 1. The monoisotopic (exact) mass is 256 g/mol. The minimum absolute atomic E-state index is 0.124. The second kappa shape index (κ2) is 5.80. The van der Waals surface area contributed by atoms with E-state index in [9.17, 15) is 4.79 Å². The van der Waals surface area contributed by atoms with Crippen molar-refractivity contribution < 1.29 is 4.79 Å². The molecule has 1 aliphatic carbocycles. The van der Waals surface area contributed by atoms with Gasteiger partial charge in [-0.25, -0.2) is 0 Å². The summed E-state index contributed by atoms with van der Waals surface area (Å²) in [5.41, 5.74) is 5.30. The molecule has 0 bridgehead atoms. The first-order valence-electron chi connectivity index (χ1n) is 6.45. The molecule has 0 aliphatic heterocycles. The average Bonchev–Trinajstić information content (AvgIpc) is 2.27. The summed E-state index contributed by atoms with van der Waals surface area (Å²) in [6, 6.07) is 0. The number of hydrogen-bond acceptors (Lipinski definition) is 2. The van der Waals surface area contributed by atoms with Crippen LogP contribution in [0.3, 0.4) is 0 Å². The lowest BCUT2D eigenvalue weighted by Gasteiger charge is -2.38. The van der Waals surface area contributed by atoms with E-state index >= 15 is 0 Å². The lowest BCUT2D eigenvalue weighted by atomic mass is 9.73. The molecule has 98 valence electrons. The molecule has 0 unspecified atom stereocenters. The Labute approximate surface area is 110 Å². The Bertz CT molecular complexity index is 296. The minimum atomic E-state index is -0.558. The Morgan fingerprint density at radius 2 is 1.88 bits per heavy atom. The lowest BCUT2D eigenvalue weighted by molar-refractivity contribution is -0.138.